The molecule has 0 fully saturated rings. The number of anilines is 1. The van der Waals surface area contributed by atoms with E-state index in [2.05, 4.69) is 69.8 Å². The SMILES string of the molecule is Brc1ccc(NC2CCc3ccccc32)cc1. The van der Waals surface area contributed by atoms with E-state index in [0.29, 0.717) is 6.04 Å². The van der Waals surface area contributed by atoms with E-state index in [1.54, 1.807) is 0 Å². The molecule has 0 saturated heterocycles. The van der Waals surface area contributed by atoms with E-state index in [1.165, 1.54) is 29.7 Å². The number of fused-ring (bicyclic) bond motifs is 1. The molecule has 2 aromatic rings. The van der Waals surface area contributed by atoms with Gasteiger partial charge in [0.2, 0.25) is 0 Å². The summed E-state index contributed by atoms with van der Waals surface area (Å²) in [5.41, 5.74) is 4.13. The minimum atomic E-state index is 0.465. The summed E-state index contributed by atoms with van der Waals surface area (Å²) in [5.74, 6) is 0. The van der Waals surface area contributed by atoms with Crippen molar-refractivity contribution in [2.24, 2.45) is 0 Å². The maximum absolute atomic E-state index is 3.60. The smallest absolute Gasteiger partial charge is 0.0519 e. The number of rotatable bonds is 2. The fourth-order valence-electron chi connectivity index (χ4n) is 2.45. The summed E-state index contributed by atoms with van der Waals surface area (Å²) in [4.78, 5) is 0. The van der Waals surface area contributed by atoms with Crippen LogP contribution in [0.25, 0.3) is 0 Å². The van der Waals surface area contributed by atoms with Crippen molar-refractivity contribution in [2.75, 3.05) is 5.32 Å². The van der Waals surface area contributed by atoms with Crippen LogP contribution in [-0.4, -0.2) is 0 Å². The van der Waals surface area contributed by atoms with Gasteiger partial charge in [-0.1, -0.05) is 40.2 Å². The van der Waals surface area contributed by atoms with Crippen molar-refractivity contribution in [1.29, 1.82) is 0 Å². The third kappa shape index (κ3) is 2.22. The predicted octanol–water partition coefficient (Wildman–Crippen LogP) is 4.55. The summed E-state index contributed by atoms with van der Waals surface area (Å²) in [5, 5.41) is 3.60. The van der Waals surface area contributed by atoms with Gasteiger partial charge in [0.15, 0.2) is 0 Å². The van der Waals surface area contributed by atoms with Crippen LogP contribution < -0.4 is 5.32 Å². The van der Waals surface area contributed by atoms with Gasteiger partial charge in [0.1, 0.15) is 0 Å². The van der Waals surface area contributed by atoms with Gasteiger partial charge in [-0.25, -0.2) is 0 Å². The second-order valence-corrected chi connectivity index (χ2v) is 5.36. The Morgan fingerprint density at radius 1 is 1.00 bits per heavy atom. The van der Waals surface area contributed by atoms with Gasteiger partial charge in [-0.05, 0) is 48.2 Å². The monoisotopic (exact) mass is 287 g/mol. The summed E-state index contributed by atoms with van der Waals surface area (Å²) in [6.45, 7) is 0. The number of hydrogen-bond acceptors (Lipinski definition) is 1. The molecule has 1 aliphatic carbocycles. The zero-order valence-corrected chi connectivity index (χ0v) is 11.1. The third-order valence-electron chi connectivity index (χ3n) is 3.32. The number of aryl methyl sites for hydroxylation is 1. The maximum atomic E-state index is 3.60. The molecule has 2 heteroatoms. The van der Waals surface area contributed by atoms with Gasteiger partial charge < -0.3 is 5.32 Å². The Kier molecular flexibility index (Phi) is 2.89. The molecule has 1 aliphatic rings. The number of halogens is 1. The molecular formula is C15H14BrN. The highest BCUT2D eigenvalue weighted by Gasteiger charge is 2.21. The quantitative estimate of drug-likeness (QED) is 0.855. The first-order chi connectivity index (χ1) is 8.33. The molecule has 0 amide bonds. The summed E-state index contributed by atoms with van der Waals surface area (Å²) in [6.07, 6.45) is 2.37. The molecule has 1 nitrogen and oxygen atoms in total. The van der Waals surface area contributed by atoms with Gasteiger partial charge in [0.05, 0.1) is 6.04 Å². The minimum Gasteiger partial charge on any atom is -0.378 e. The van der Waals surface area contributed by atoms with Crippen molar-refractivity contribution in [3.8, 4) is 0 Å². The molecular weight excluding hydrogens is 274 g/mol. The van der Waals surface area contributed by atoms with Crippen molar-refractivity contribution in [3.63, 3.8) is 0 Å². The molecule has 1 atom stereocenters. The van der Waals surface area contributed by atoms with Gasteiger partial charge in [0, 0.05) is 10.2 Å². The Morgan fingerprint density at radius 3 is 2.59 bits per heavy atom. The fourth-order valence-corrected chi connectivity index (χ4v) is 2.72. The largest absolute Gasteiger partial charge is 0.378 e. The van der Waals surface area contributed by atoms with Crippen molar-refractivity contribution in [2.45, 2.75) is 18.9 Å². The molecule has 0 aromatic heterocycles. The Labute approximate surface area is 110 Å². The van der Waals surface area contributed by atoms with Crippen LogP contribution in [0.3, 0.4) is 0 Å². The van der Waals surface area contributed by atoms with Gasteiger partial charge in [-0.3, -0.25) is 0 Å². The zero-order valence-electron chi connectivity index (χ0n) is 9.49. The van der Waals surface area contributed by atoms with E-state index in [4.69, 9.17) is 0 Å². The first kappa shape index (κ1) is 10.8. The molecule has 0 spiro atoms. The van der Waals surface area contributed by atoms with Crippen molar-refractivity contribution >= 4 is 21.6 Å². The van der Waals surface area contributed by atoms with E-state index in [9.17, 15) is 0 Å². The third-order valence-corrected chi connectivity index (χ3v) is 3.85. The normalized spacial score (nSPS) is 17.8. The van der Waals surface area contributed by atoms with Gasteiger partial charge >= 0.3 is 0 Å². The lowest BCUT2D eigenvalue weighted by molar-refractivity contribution is 0.762. The van der Waals surface area contributed by atoms with Gasteiger partial charge in [-0.15, -0.1) is 0 Å². The maximum Gasteiger partial charge on any atom is 0.0519 e. The highest BCUT2D eigenvalue weighted by atomic mass is 79.9. The minimum absolute atomic E-state index is 0.465. The second kappa shape index (κ2) is 4.53. The van der Waals surface area contributed by atoms with E-state index in [0.717, 1.165) is 4.47 Å². The van der Waals surface area contributed by atoms with E-state index in [-0.39, 0.29) is 0 Å². The Morgan fingerprint density at radius 2 is 1.76 bits per heavy atom. The first-order valence-corrected chi connectivity index (χ1v) is 6.72. The highest BCUT2D eigenvalue weighted by Crippen LogP contribution is 2.33. The van der Waals surface area contributed by atoms with Crippen LogP contribution in [-0.2, 0) is 6.42 Å². The van der Waals surface area contributed by atoms with Crippen LogP contribution in [0.2, 0.25) is 0 Å². The van der Waals surface area contributed by atoms with Crippen LogP contribution in [0.1, 0.15) is 23.6 Å². The lowest BCUT2D eigenvalue weighted by Gasteiger charge is -2.15. The summed E-state index contributed by atoms with van der Waals surface area (Å²) < 4.78 is 1.12. The van der Waals surface area contributed by atoms with E-state index in [1.807, 2.05) is 0 Å². The molecule has 1 N–H and O–H groups in total. The summed E-state index contributed by atoms with van der Waals surface area (Å²) >= 11 is 3.46. The Balaban J connectivity index is 1.81. The molecule has 0 bridgehead atoms. The topological polar surface area (TPSA) is 12.0 Å². The molecule has 17 heavy (non-hydrogen) atoms. The number of benzene rings is 2. The van der Waals surface area contributed by atoms with Crippen LogP contribution in [0, 0.1) is 0 Å². The van der Waals surface area contributed by atoms with Crippen molar-refractivity contribution < 1.29 is 0 Å². The molecule has 1 unspecified atom stereocenters. The molecule has 2 aromatic carbocycles. The molecule has 0 aliphatic heterocycles. The predicted molar refractivity (Wildman–Crippen MR) is 75.3 cm³/mol. The Bertz CT molecular complexity index is 519. The standard InChI is InChI=1S/C15H14BrN/c16-12-6-8-13(9-7-12)17-15-10-5-11-3-1-2-4-14(11)15/h1-4,6-9,15,17H,5,10H2. The molecule has 3 rings (SSSR count). The molecule has 0 saturated carbocycles. The van der Waals surface area contributed by atoms with Crippen LogP contribution >= 0.6 is 15.9 Å². The average molecular weight is 288 g/mol. The van der Waals surface area contributed by atoms with Crippen LogP contribution in [0.4, 0.5) is 5.69 Å². The summed E-state index contributed by atoms with van der Waals surface area (Å²) in [6, 6.07) is 17.6. The molecule has 86 valence electrons. The lowest BCUT2D eigenvalue weighted by atomic mass is 10.1. The van der Waals surface area contributed by atoms with E-state index >= 15 is 0 Å². The van der Waals surface area contributed by atoms with Gasteiger partial charge in [-0.2, -0.15) is 0 Å². The van der Waals surface area contributed by atoms with Crippen LogP contribution in [0.15, 0.2) is 53.0 Å². The van der Waals surface area contributed by atoms with E-state index < -0.39 is 0 Å². The Hall–Kier alpha value is -1.28. The zero-order chi connectivity index (χ0) is 11.7. The average Bonchev–Trinajstić information content (AvgIpc) is 2.76. The summed E-state index contributed by atoms with van der Waals surface area (Å²) in [7, 11) is 0. The fraction of sp³-hybridized carbons (Fsp3) is 0.200. The number of hydrogen-bond donors (Lipinski definition) is 1. The second-order valence-electron chi connectivity index (χ2n) is 4.44. The van der Waals surface area contributed by atoms with Gasteiger partial charge in [0.25, 0.3) is 0 Å². The number of nitrogens with one attached hydrogen (secondary N) is 1. The van der Waals surface area contributed by atoms with Crippen LogP contribution in [0.5, 0.6) is 0 Å². The van der Waals surface area contributed by atoms with Crippen molar-refractivity contribution in [1.82, 2.24) is 0 Å². The first-order valence-electron chi connectivity index (χ1n) is 5.93. The highest BCUT2D eigenvalue weighted by molar-refractivity contribution is 9.10. The van der Waals surface area contributed by atoms with Crippen molar-refractivity contribution in [3.05, 3.63) is 64.1 Å². The lowest BCUT2D eigenvalue weighted by Crippen LogP contribution is -2.06. The molecule has 0 radical (unpaired) electrons. The molecule has 0 heterocycles.